The molecule has 0 radical (unpaired) electrons. The summed E-state index contributed by atoms with van der Waals surface area (Å²) in [7, 11) is 0. The number of hydrogen-bond donors (Lipinski definition) is 1. The molecule has 0 aromatic heterocycles. The number of quaternary nitrogens is 1. The summed E-state index contributed by atoms with van der Waals surface area (Å²) < 4.78 is 1.14. The first-order valence-electron chi connectivity index (χ1n) is 5.07. The summed E-state index contributed by atoms with van der Waals surface area (Å²) in [5, 5.41) is 0. The Labute approximate surface area is 97.1 Å². The topological polar surface area (TPSA) is 44.7 Å². The molecule has 0 saturated carbocycles. The van der Waals surface area contributed by atoms with E-state index in [1.807, 2.05) is 0 Å². The number of hydrogen-bond acceptors (Lipinski definition) is 4. The van der Waals surface area contributed by atoms with Gasteiger partial charge in [0, 0.05) is 6.96 Å². The minimum Gasteiger partial charge on any atom is -0.344 e. The maximum Gasteiger partial charge on any atom is 0.139 e. The third kappa shape index (κ3) is 1.91. The zero-order valence-electron chi connectivity index (χ0n) is 8.98. The van der Waals surface area contributed by atoms with Gasteiger partial charge in [-0.1, -0.05) is 11.6 Å². The lowest BCUT2D eigenvalue weighted by Gasteiger charge is -2.60. The van der Waals surface area contributed by atoms with Gasteiger partial charge in [0.05, 0.1) is 20.0 Å². The second-order valence-corrected chi connectivity index (χ2v) is 5.00. The lowest BCUT2D eigenvalue weighted by Crippen LogP contribution is -2.79. The third-order valence-corrected chi connectivity index (χ3v) is 3.46. The molecule has 4 bridgehead atoms. The van der Waals surface area contributed by atoms with Crippen LogP contribution in [0.5, 0.6) is 0 Å². The Morgan fingerprint density at radius 3 is 1.93 bits per heavy atom. The van der Waals surface area contributed by atoms with Crippen LogP contribution in [0, 0.1) is 0 Å². The molecule has 0 spiro atoms. The van der Waals surface area contributed by atoms with E-state index in [0.29, 0.717) is 0 Å². The van der Waals surface area contributed by atoms with E-state index < -0.39 is 0 Å². The van der Waals surface area contributed by atoms with Gasteiger partial charge in [0.1, 0.15) is 26.6 Å². The molecular weight excluding hydrogens is 214 g/mol. The average Bonchev–Trinajstić information content (AvgIpc) is 2.12. The highest BCUT2D eigenvalue weighted by Crippen LogP contribution is 2.28. The molecule has 4 saturated heterocycles. The van der Waals surface area contributed by atoms with Crippen molar-refractivity contribution in [2.75, 3.05) is 46.6 Å². The summed E-state index contributed by atoms with van der Waals surface area (Å²) in [5.74, 6) is 0. The van der Waals surface area contributed by atoms with Gasteiger partial charge < -0.3 is 6.15 Å². The molecule has 0 amide bonds. The molecule has 4 rings (SSSR count). The van der Waals surface area contributed by atoms with Gasteiger partial charge in [0.25, 0.3) is 0 Å². The number of rotatable bonds is 2. The molecule has 4 heterocycles. The highest BCUT2D eigenvalue weighted by molar-refractivity contribution is 6.25. The maximum atomic E-state index is 5.61. The minimum atomic E-state index is 0. The van der Waals surface area contributed by atoms with Crippen LogP contribution in [0.3, 0.4) is 0 Å². The Morgan fingerprint density at radius 2 is 1.53 bits per heavy atom. The van der Waals surface area contributed by atoms with Crippen LogP contribution in [0.4, 0.5) is 0 Å². The van der Waals surface area contributed by atoms with Gasteiger partial charge in [-0.3, -0.25) is 4.48 Å². The van der Waals surface area contributed by atoms with Gasteiger partial charge in [0.2, 0.25) is 0 Å². The molecule has 15 heavy (non-hydrogen) atoms. The highest BCUT2D eigenvalue weighted by Gasteiger charge is 2.47. The largest absolute Gasteiger partial charge is 0.344 e. The smallest absolute Gasteiger partial charge is 0.139 e. The number of halogens is 1. The van der Waals surface area contributed by atoms with Crippen LogP contribution in [0.1, 0.15) is 1.43 Å². The van der Waals surface area contributed by atoms with E-state index in [2.05, 4.69) is 20.8 Å². The summed E-state index contributed by atoms with van der Waals surface area (Å²) in [4.78, 5) is 7.54. The van der Waals surface area contributed by atoms with Crippen LogP contribution >= 0.6 is 11.6 Å². The molecule has 4 aliphatic heterocycles. The van der Waals surface area contributed by atoms with Crippen molar-refractivity contribution in [3.8, 4) is 0 Å². The first kappa shape index (κ1) is 11.3. The Balaban J connectivity index is 0.000000640. The first-order valence-corrected chi connectivity index (χ1v) is 5.51. The van der Waals surface area contributed by atoms with Crippen molar-refractivity contribution in [3.63, 3.8) is 0 Å². The fourth-order valence-corrected chi connectivity index (χ4v) is 3.17. The molecule has 5 nitrogen and oxygen atoms in total. The van der Waals surface area contributed by atoms with Gasteiger partial charge in [0.15, 0.2) is 0 Å². The van der Waals surface area contributed by atoms with Crippen LogP contribution in [0.2, 0.25) is 0 Å². The van der Waals surface area contributed by atoms with Crippen molar-refractivity contribution in [2.24, 2.45) is 0 Å². The molecule has 0 aliphatic carbocycles. The Kier molecular flexibility index (Phi) is 3.03. The molecule has 4 aliphatic rings. The van der Waals surface area contributed by atoms with Gasteiger partial charge in [-0.25, -0.2) is 14.7 Å². The second-order valence-electron chi connectivity index (χ2n) is 4.75. The maximum absolute atomic E-state index is 5.61. The molecule has 0 aromatic rings. The standard InChI is InChI=1S/C9H16ClN4.H3N.H2/c10-2-1-3-14-7-11-4-12(8-14)6-13(5-11)9-14;;/h1-2H,3-9H2;1H3;1H/q+1;;/b2-1+;;. The lowest BCUT2D eigenvalue weighted by atomic mass is 10.3. The molecule has 0 aromatic carbocycles. The van der Waals surface area contributed by atoms with Crippen LogP contribution < -0.4 is 6.15 Å². The van der Waals surface area contributed by atoms with Crippen LogP contribution in [-0.2, 0) is 0 Å². The van der Waals surface area contributed by atoms with E-state index in [4.69, 9.17) is 11.6 Å². The monoisotopic (exact) mass is 234 g/mol. The first-order chi connectivity index (χ1) is 6.80. The Hall–Kier alpha value is -0.170. The van der Waals surface area contributed by atoms with Gasteiger partial charge in [-0.2, -0.15) is 0 Å². The fraction of sp³-hybridized carbons (Fsp3) is 0.778. The van der Waals surface area contributed by atoms with E-state index in [0.717, 1.165) is 31.0 Å². The summed E-state index contributed by atoms with van der Waals surface area (Å²) in [6.45, 7) is 8.09. The molecule has 4 fully saturated rings. The van der Waals surface area contributed by atoms with Crippen molar-refractivity contribution in [2.45, 2.75) is 0 Å². The Morgan fingerprint density at radius 1 is 1.07 bits per heavy atom. The third-order valence-electron chi connectivity index (χ3n) is 3.28. The zero-order valence-corrected chi connectivity index (χ0v) is 9.73. The van der Waals surface area contributed by atoms with Crippen LogP contribution in [-0.4, -0.2) is 65.7 Å². The number of nitrogens with zero attached hydrogens (tertiary/aromatic N) is 4. The van der Waals surface area contributed by atoms with Crippen LogP contribution in [0.15, 0.2) is 11.6 Å². The van der Waals surface area contributed by atoms with Gasteiger partial charge in [-0.15, -0.1) is 0 Å². The molecule has 0 unspecified atom stereocenters. The molecule has 3 N–H and O–H groups in total. The highest BCUT2D eigenvalue weighted by atomic mass is 35.5. The van der Waals surface area contributed by atoms with E-state index in [1.165, 1.54) is 20.0 Å². The van der Waals surface area contributed by atoms with E-state index in [1.54, 1.807) is 5.54 Å². The summed E-state index contributed by atoms with van der Waals surface area (Å²) >= 11 is 5.61. The van der Waals surface area contributed by atoms with Crippen molar-refractivity contribution in [3.05, 3.63) is 11.6 Å². The van der Waals surface area contributed by atoms with E-state index >= 15 is 0 Å². The van der Waals surface area contributed by atoms with Crippen LogP contribution in [0.25, 0.3) is 0 Å². The summed E-state index contributed by atoms with van der Waals surface area (Å²) in [6.07, 6.45) is 2.08. The predicted octanol–water partition coefficient (Wildman–Crippen LogP) is 0.655. The summed E-state index contributed by atoms with van der Waals surface area (Å²) in [5.41, 5.74) is 1.65. The molecule has 88 valence electrons. The fourth-order valence-electron chi connectivity index (χ4n) is 3.09. The molecule has 0 atom stereocenters. The van der Waals surface area contributed by atoms with Crippen molar-refractivity contribution >= 4 is 11.6 Å². The van der Waals surface area contributed by atoms with Crippen molar-refractivity contribution in [1.29, 1.82) is 0 Å². The van der Waals surface area contributed by atoms with Gasteiger partial charge >= 0.3 is 0 Å². The zero-order chi connectivity index (χ0) is 9.60. The molecule has 6 heteroatoms. The lowest BCUT2D eigenvalue weighted by molar-refractivity contribution is -0.975. The minimum absolute atomic E-state index is 0. The SMILES string of the molecule is Cl/C=C/C[N+]12CN3CN(CN(C3)C1)C2.N.[HH]. The predicted molar refractivity (Wildman–Crippen MR) is 62.0 cm³/mol. The van der Waals surface area contributed by atoms with Crippen molar-refractivity contribution < 1.29 is 5.91 Å². The normalized spacial score (nSPS) is 47.1. The van der Waals surface area contributed by atoms with Gasteiger partial charge in [-0.05, 0) is 6.08 Å². The summed E-state index contributed by atoms with van der Waals surface area (Å²) in [6, 6.07) is 0. The average molecular weight is 235 g/mol. The molecular formula is C9H21ClN5+. The van der Waals surface area contributed by atoms with E-state index in [-0.39, 0.29) is 7.58 Å². The van der Waals surface area contributed by atoms with Crippen molar-refractivity contribution in [1.82, 2.24) is 20.9 Å². The quantitative estimate of drug-likeness (QED) is 0.713. The second kappa shape index (κ2) is 4.01. The Bertz CT molecular complexity index is 237. The van der Waals surface area contributed by atoms with E-state index in [9.17, 15) is 0 Å².